The largest absolute Gasteiger partial charge is 0.326 e. The van der Waals surface area contributed by atoms with Crippen molar-refractivity contribution in [3.05, 3.63) is 30.6 Å². The van der Waals surface area contributed by atoms with Crippen molar-refractivity contribution in [3.63, 3.8) is 0 Å². The van der Waals surface area contributed by atoms with Gasteiger partial charge in [0.05, 0.1) is 0 Å². The smallest absolute Gasteiger partial charge is 0.224 e. The van der Waals surface area contributed by atoms with Crippen LogP contribution >= 0.6 is 11.8 Å². The number of aromatic nitrogens is 3. The molecule has 0 bridgehead atoms. The lowest BCUT2D eigenvalue weighted by atomic mass is 10.1. The molecule has 0 unspecified atom stereocenters. The Kier molecular flexibility index (Phi) is 4.79. The molecule has 1 amide bonds. The number of carbonyl (C=O) groups excluding carboxylic acids is 1. The summed E-state index contributed by atoms with van der Waals surface area (Å²) in [6.07, 6.45) is 2.21. The zero-order valence-corrected chi connectivity index (χ0v) is 12.6. The van der Waals surface area contributed by atoms with Crippen molar-refractivity contribution in [2.24, 2.45) is 13.0 Å². The molecule has 2 rings (SSSR count). The average molecular weight is 290 g/mol. The van der Waals surface area contributed by atoms with E-state index in [1.807, 2.05) is 49.7 Å². The van der Waals surface area contributed by atoms with Gasteiger partial charge in [-0.05, 0) is 41.9 Å². The molecule has 1 aromatic carbocycles. The number of rotatable bonds is 5. The molecule has 1 heterocycles. The lowest BCUT2D eigenvalue weighted by molar-refractivity contribution is -0.116. The highest BCUT2D eigenvalue weighted by atomic mass is 32.2. The maximum absolute atomic E-state index is 11.7. The van der Waals surface area contributed by atoms with E-state index in [1.54, 1.807) is 6.33 Å². The van der Waals surface area contributed by atoms with E-state index in [4.69, 9.17) is 0 Å². The van der Waals surface area contributed by atoms with Crippen LogP contribution in [0.2, 0.25) is 0 Å². The van der Waals surface area contributed by atoms with Crippen molar-refractivity contribution in [3.8, 4) is 0 Å². The van der Waals surface area contributed by atoms with Gasteiger partial charge in [-0.2, -0.15) is 0 Å². The van der Waals surface area contributed by atoms with Crippen LogP contribution in [-0.2, 0) is 11.8 Å². The predicted molar refractivity (Wildman–Crippen MR) is 79.7 cm³/mol. The third kappa shape index (κ3) is 4.09. The highest BCUT2D eigenvalue weighted by Crippen LogP contribution is 2.26. The third-order valence-electron chi connectivity index (χ3n) is 2.61. The summed E-state index contributed by atoms with van der Waals surface area (Å²) in [6, 6.07) is 7.72. The first-order valence-corrected chi connectivity index (χ1v) is 7.28. The molecule has 0 spiro atoms. The zero-order chi connectivity index (χ0) is 14.5. The van der Waals surface area contributed by atoms with Crippen molar-refractivity contribution >= 4 is 23.4 Å². The summed E-state index contributed by atoms with van der Waals surface area (Å²) >= 11 is 1.54. The first kappa shape index (κ1) is 14.6. The Morgan fingerprint density at radius 1 is 1.35 bits per heavy atom. The first-order valence-electron chi connectivity index (χ1n) is 6.46. The molecule has 6 heteroatoms. The van der Waals surface area contributed by atoms with Crippen LogP contribution in [0.15, 0.2) is 40.6 Å². The van der Waals surface area contributed by atoms with Gasteiger partial charge in [0.15, 0.2) is 5.16 Å². The van der Waals surface area contributed by atoms with Gasteiger partial charge < -0.3 is 9.88 Å². The van der Waals surface area contributed by atoms with Gasteiger partial charge in [0.25, 0.3) is 0 Å². The molecule has 0 aliphatic rings. The molecular weight excluding hydrogens is 272 g/mol. The van der Waals surface area contributed by atoms with Gasteiger partial charge in [0, 0.05) is 24.1 Å². The molecule has 0 aliphatic carbocycles. The van der Waals surface area contributed by atoms with E-state index in [2.05, 4.69) is 15.5 Å². The third-order valence-corrected chi connectivity index (χ3v) is 3.67. The van der Waals surface area contributed by atoms with Gasteiger partial charge in [-0.15, -0.1) is 10.2 Å². The molecule has 106 valence electrons. The Labute approximate surface area is 122 Å². The van der Waals surface area contributed by atoms with Crippen LogP contribution in [0, 0.1) is 5.92 Å². The Morgan fingerprint density at radius 2 is 2.05 bits per heavy atom. The Bertz CT molecular complexity index is 577. The SMILES string of the molecule is CC(C)CC(=O)Nc1ccc(Sc2nncn2C)cc1. The van der Waals surface area contributed by atoms with Gasteiger partial charge in [-0.25, -0.2) is 0 Å². The maximum atomic E-state index is 11.7. The molecular formula is C14H18N4OS. The van der Waals surface area contributed by atoms with E-state index in [0.29, 0.717) is 12.3 Å². The number of benzene rings is 1. The Balaban J connectivity index is 1.96. The van der Waals surface area contributed by atoms with Crippen molar-refractivity contribution in [1.82, 2.24) is 14.8 Å². The second kappa shape index (κ2) is 6.56. The minimum atomic E-state index is 0.0497. The minimum absolute atomic E-state index is 0.0497. The topological polar surface area (TPSA) is 59.8 Å². The number of hydrogen-bond donors (Lipinski definition) is 1. The van der Waals surface area contributed by atoms with E-state index in [1.165, 1.54) is 11.8 Å². The number of aryl methyl sites for hydroxylation is 1. The number of nitrogens with zero attached hydrogens (tertiary/aromatic N) is 3. The second-order valence-electron chi connectivity index (χ2n) is 5.00. The Morgan fingerprint density at radius 3 is 2.60 bits per heavy atom. The lowest BCUT2D eigenvalue weighted by Crippen LogP contribution is -2.13. The fraction of sp³-hybridized carbons (Fsp3) is 0.357. The molecule has 0 fully saturated rings. The normalized spacial score (nSPS) is 10.8. The fourth-order valence-electron chi connectivity index (χ4n) is 1.66. The lowest BCUT2D eigenvalue weighted by Gasteiger charge is -2.07. The molecule has 2 aromatic rings. The van der Waals surface area contributed by atoms with Crippen LogP contribution < -0.4 is 5.32 Å². The molecule has 0 saturated carbocycles. The van der Waals surface area contributed by atoms with Crippen molar-refractivity contribution in [2.45, 2.75) is 30.3 Å². The minimum Gasteiger partial charge on any atom is -0.326 e. The molecule has 1 aromatic heterocycles. The summed E-state index contributed by atoms with van der Waals surface area (Å²) in [7, 11) is 1.91. The highest BCUT2D eigenvalue weighted by Gasteiger charge is 2.06. The van der Waals surface area contributed by atoms with E-state index >= 15 is 0 Å². The van der Waals surface area contributed by atoms with Crippen molar-refractivity contribution in [2.75, 3.05) is 5.32 Å². The van der Waals surface area contributed by atoms with Gasteiger partial charge in [-0.3, -0.25) is 4.79 Å². The number of amides is 1. The van der Waals surface area contributed by atoms with Crippen LogP contribution in [0.3, 0.4) is 0 Å². The van der Waals surface area contributed by atoms with E-state index in [0.717, 1.165) is 15.7 Å². The van der Waals surface area contributed by atoms with Crippen LogP contribution in [0.5, 0.6) is 0 Å². The number of hydrogen-bond acceptors (Lipinski definition) is 4. The van der Waals surface area contributed by atoms with E-state index < -0.39 is 0 Å². The van der Waals surface area contributed by atoms with Gasteiger partial charge in [0.1, 0.15) is 6.33 Å². The molecule has 5 nitrogen and oxygen atoms in total. The molecule has 0 aliphatic heterocycles. The number of nitrogens with one attached hydrogen (secondary N) is 1. The van der Waals surface area contributed by atoms with Gasteiger partial charge >= 0.3 is 0 Å². The maximum Gasteiger partial charge on any atom is 0.224 e. The average Bonchev–Trinajstić information content (AvgIpc) is 2.76. The quantitative estimate of drug-likeness (QED) is 0.919. The van der Waals surface area contributed by atoms with E-state index in [9.17, 15) is 4.79 Å². The van der Waals surface area contributed by atoms with Crippen LogP contribution in [-0.4, -0.2) is 20.7 Å². The molecule has 0 saturated heterocycles. The number of carbonyl (C=O) groups is 1. The molecule has 1 N–H and O–H groups in total. The summed E-state index contributed by atoms with van der Waals surface area (Å²) in [5.74, 6) is 0.412. The van der Waals surface area contributed by atoms with Crippen LogP contribution in [0.1, 0.15) is 20.3 Å². The summed E-state index contributed by atoms with van der Waals surface area (Å²) in [4.78, 5) is 12.7. The second-order valence-corrected chi connectivity index (χ2v) is 6.04. The summed E-state index contributed by atoms with van der Waals surface area (Å²) in [5, 5.41) is 11.6. The predicted octanol–water partition coefficient (Wildman–Crippen LogP) is 2.95. The van der Waals surface area contributed by atoms with Crippen molar-refractivity contribution < 1.29 is 4.79 Å². The highest BCUT2D eigenvalue weighted by molar-refractivity contribution is 7.99. The number of anilines is 1. The van der Waals surface area contributed by atoms with Crippen LogP contribution in [0.4, 0.5) is 5.69 Å². The van der Waals surface area contributed by atoms with E-state index in [-0.39, 0.29) is 5.91 Å². The summed E-state index contributed by atoms with van der Waals surface area (Å²) in [5.41, 5.74) is 0.818. The summed E-state index contributed by atoms with van der Waals surface area (Å²) in [6.45, 7) is 4.06. The fourth-order valence-corrected chi connectivity index (χ4v) is 2.42. The molecule has 0 atom stereocenters. The Hall–Kier alpha value is -1.82. The van der Waals surface area contributed by atoms with Gasteiger partial charge in [-0.1, -0.05) is 13.8 Å². The molecule has 20 heavy (non-hydrogen) atoms. The van der Waals surface area contributed by atoms with Gasteiger partial charge in [0.2, 0.25) is 5.91 Å². The monoisotopic (exact) mass is 290 g/mol. The van der Waals surface area contributed by atoms with Crippen molar-refractivity contribution in [1.29, 1.82) is 0 Å². The summed E-state index contributed by atoms with van der Waals surface area (Å²) < 4.78 is 1.86. The zero-order valence-electron chi connectivity index (χ0n) is 11.8. The standard InChI is InChI=1S/C14H18N4OS/c1-10(2)8-13(19)16-11-4-6-12(7-5-11)20-14-17-15-9-18(14)3/h4-7,9-10H,8H2,1-3H3,(H,16,19). The first-order chi connectivity index (χ1) is 9.54. The molecule has 0 radical (unpaired) electrons. The van der Waals surface area contributed by atoms with Crippen LogP contribution in [0.25, 0.3) is 0 Å².